The highest BCUT2D eigenvalue weighted by Gasteiger charge is 2.17. The fourth-order valence-electron chi connectivity index (χ4n) is 2.74. The predicted octanol–water partition coefficient (Wildman–Crippen LogP) is 3.00. The lowest BCUT2D eigenvalue weighted by Crippen LogP contribution is -2.27. The highest BCUT2D eigenvalue weighted by Crippen LogP contribution is 2.22. The van der Waals surface area contributed by atoms with E-state index >= 15 is 0 Å². The minimum atomic E-state index is -0.455. The molecule has 0 spiro atoms. The quantitative estimate of drug-likeness (QED) is 0.514. The fourth-order valence-corrected chi connectivity index (χ4v) is 3.62. The maximum Gasteiger partial charge on any atom is 0.262 e. The number of rotatable bonds is 7. The minimum absolute atomic E-state index is 0.0807. The topological polar surface area (TPSA) is 78.0 Å². The first-order valence-electron chi connectivity index (χ1n) is 8.56. The average Bonchev–Trinajstić information content (AvgIpc) is 2.65. The van der Waals surface area contributed by atoms with Crippen LogP contribution in [0.3, 0.4) is 0 Å². The molecule has 0 saturated carbocycles. The molecule has 0 aliphatic rings. The van der Waals surface area contributed by atoms with Crippen LogP contribution in [0.2, 0.25) is 0 Å². The number of carbonyl (C=O) groups excluding carboxylic acids is 1. The number of fused-ring (bicyclic) bond motifs is 1. The van der Waals surface area contributed by atoms with Gasteiger partial charge in [0.1, 0.15) is 0 Å². The number of carbonyl (C=O) groups is 1. The van der Waals surface area contributed by atoms with Crippen LogP contribution in [-0.2, 0) is 17.8 Å². The number of benzene rings is 2. The molecule has 0 radical (unpaired) electrons. The van der Waals surface area contributed by atoms with E-state index in [1.807, 2.05) is 36.4 Å². The van der Waals surface area contributed by atoms with Gasteiger partial charge in [-0.15, -0.1) is 0 Å². The van der Waals surface area contributed by atoms with Crippen LogP contribution in [0, 0.1) is 0 Å². The van der Waals surface area contributed by atoms with E-state index in [4.69, 9.17) is 5.73 Å². The molecule has 1 atom stereocenters. The van der Waals surface area contributed by atoms with Gasteiger partial charge in [0.15, 0.2) is 5.16 Å². The molecule has 2 aromatic carbocycles. The van der Waals surface area contributed by atoms with Crippen LogP contribution in [-0.4, -0.2) is 20.7 Å². The Hall–Kier alpha value is -2.60. The van der Waals surface area contributed by atoms with E-state index < -0.39 is 11.2 Å². The first-order valence-corrected chi connectivity index (χ1v) is 9.43. The Bertz CT molecular complexity index is 970. The molecule has 1 unspecified atom stereocenters. The maximum absolute atomic E-state index is 12.9. The van der Waals surface area contributed by atoms with Crippen LogP contribution in [0.4, 0.5) is 0 Å². The molecule has 26 heavy (non-hydrogen) atoms. The van der Waals surface area contributed by atoms with Crippen LogP contribution in [0.15, 0.2) is 64.5 Å². The van der Waals surface area contributed by atoms with Crippen molar-refractivity contribution in [1.29, 1.82) is 0 Å². The lowest BCUT2D eigenvalue weighted by Gasteiger charge is -2.15. The molecule has 134 valence electrons. The van der Waals surface area contributed by atoms with Gasteiger partial charge in [-0.05, 0) is 37.5 Å². The summed E-state index contributed by atoms with van der Waals surface area (Å²) in [7, 11) is 0. The second-order valence-electron chi connectivity index (χ2n) is 6.12. The fraction of sp³-hybridized carbons (Fsp3) is 0.250. The average molecular weight is 367 g/mol. The maximum atomic E-state index is 12.9. The molecule has 0 fully saturated rings. The molecular weight excluding hydrogens is 346 g/mol. The first kappa shape index (κ1) is 18.2. The van der Waals surface area contributed by atoms with Crippen molar-refractivity contribution in [2.24, 2.45) is 5.73 Å². The zero-order valence-electron chi connectivity index (χ0n) is 14.6. The Kier molecular flexibility index (Phi) is 5.73. The Labute approximate surface area is 156 Å². The Balaban J connectivity index is 1.91. The summed E-state index contributed by atoms with van der Waals surface area (Å²) in [5.74, 6) is -0.423. The third-order valence-corrected chi connectivity index (χ3v) is 5.31. The van der Waals surface area contributed by atoms with Gasteiger partial charge in [-0.3, -0.25) is 14.2 Å². The summed E-state index contributed by atoms with van der Waals surface area (Å²) in [4.78, 5) is 29.0. The summed E-state index contributed by atoms with van der Waals surface area (Å²) < 4.78 is 1.66. The molecule has 6 heteroatoms. The van der Waals surface area contributed by atoms with Gasteiger partial charge in [0.25, 0.3) is 5.56 Å². The summed E-state index contributed by atoms with van der Waals surface area (Å²) in [6.07, 6.45) is 1.68. The monoisotopic (exact) mass is 367 g/mol. The summed E-state index contributed by atoms with van der Waals surface area (Å²) in [5.41, 5.74) is 7.17. The molecule has 0 saturated heterocycles. The molecule has 3 aromatic rings. The smallest absolute Gasteiger partial charge is 0.262 e. The second-order valence-corrected chi connectivity index (χ2v) is 7.43. The van der Waals surface area contributed by atoms with E-state index in [0.29, 0.717) is 22.6 Å². The Morgan fingerprint density at radius 1 is 1.15 bits per heavy atom. The van der Waals surface area contributed by atoms with Gasteiger partial charge in [-0.1, -0.05) is 54.2 Å². The van der Waals surface area contributed by atoms with Crippen molar-refractivity contribution in [3.8, 4) is 0 Å². The summed E-state index contributed by atoms with van der Waals surface area (Å²) in [5, 5.41) is 0.666. The highest BCUT2D eigenvalue weighted by molar-refractivity contribution is 8.00. The number of nitrogens with two attached hydrogens (primary N) is 1. The number of aromatic nitrogens is 2. The van der Waals surface area contributed by atoms with Gasteiger partial charge in [0.2, 0.25) is 5.91 Å². The molecule has 1 aromatic heterocycles. The van der Waals surface area contributed by atoms with Crippen molar-refractivity contribution >= 4 is 28.6 Å². The van der Waals surface area contributed by atoms with Gasteiger partial charge in [-0.2, -0.15) is 0 Å². The summed E-state index contributed by atoms with van der Waals surface area (Å²) in [6, 6.07) is 17.4. The molecule has 5 nitrogen and oxygen atoms in total. The highest BCUT2D eigenvalue weighted by atomic mass is 32.2. The number of para-hydroxylation sites is 1. The van der Waals surface area contributed by atoms with Crippen LogP contribution in [0.1, 0.15) is 18.9 Å². The number of thioether (sulfide) groups is 1. The number of aryl methyl sites for hydroxylation is 1. The molecule has 3 rings (SSSR count). The molecule has 0 aliphatic carbocycles. The van der Waals surface area contributed by atoms with Crippen molar-refractivity contribution in [2.45, 2.75) is 36.7 Å². The summed E-state index contributed by atoms with van der Waals surface area (Å²) in [6.45, 7) is 2.27. The van der Waals surface area contributed by atoms with E-state index in [1.165, 1.54) is 17.3 Å². The molecule has 2 N–H and O–H groups in total. The van der Waals surface area contributed by atoms with Gasteiger partial charge in [0, 0.05) is 6.54 Å². The van der Waals surface area contributed by atoms with Crippen LogP contribution in [0.5, 0.6) is 0 Å². The van der Waals surface area contributed by atoms with Crippen molar-refractivity contribution in [1.82, 2.24) is 9.55 Å². The van der Waals surface area contributed by atoms with Gasteiger partial charge < -0.3 is 5.73 Å². The van der Waals surface area contributed by atoms with Crippen LogP contribution >= 0.6 is 11.8 Å². The van der Waals surface area contributed by atoms with Gasteiger partial charge in [0.05, 0.1) is 16.2 Å². The second kappa shape index (κ2) is 8.19. The number of hydrogen-bond donors (Lipinski definition) is 1. The third kappa shape index (κ3) is 4.14. The standard InChI is InChI=1S/C20H21N3O2S/c1-14(18(21)24)26-20-22-17-12-6-5-11-16(17)19(25)23(20)13-7-10-15-8-3-2-4-9-15/h2-6,8-9,11-12,14H,7,10,13H2,1H3,(H2,21,24). The number of hydrogen-bond acceptors (Lipinski definition) is 4. The zero-order valence-corrected chi connectivity index (χ0v) is 15.4. The largest absolute Gasteiger partial charge is 0.369 e. The van der Waals surface area contributed by atoms with E-state index in [1.54, 1.807) is 17.6 Å². The van der Waals surface area contributed by atoms with Crippen molar-refractivity contribution in [2.75, 3.05) is 0 Å². The predicted molar refractivity (Wildman–Crippen MR) is 105 cm³/mol. The zero-order chi connectivity index (χ0) is 18.5. The van der Waals surface area contributed by atoms with E-state index in [0.717, 1.165) is 12.8 Å². The Morgan fingerprint density at radius 2 is 1.85 bits per heavy atom. The van der Waals surface area contributed by atoms with Crippen LogP contribution < -0.4 is 11.3 Å². The normalized spacial score (nSPS) is 12.2. The van der Waals surface area contributed by atoms with Gasteiger partial charge in [-0.25, -0.2) is 4.98 Å². The molecule has 1 amide bonds. The number of amides is 1. The lowest BCUT2D eigenvalue weighted by atomic mass is 10.1. The number of primary amides is 1. The summed E-state index contributed by atoms with van der Waals surface area (Å²) >= 11 is 1.23. The van der Waals surface area contributed by atoms with Crippen LogP contribution in [0.25, 0.3) is 10.9 Å². The van der Waals surface area contributed by atoms with E-state index in [9.17, 15) is 9.59 Å². The van der Waals surface area contributed by atoms with E-state index in [-0.39, 0.29) is 5.56 Å². The van der Waals surface area contributed by atoms with Gasteiger partial charge >= 0.3 is 0 Å². The van der Waals surface area contributed by atoms with Crippen molar-refractivity contribution < 1.29 is 4.79 Å². The van der Waals surface area contributed by atoms with Crippen molar-refractivity contribution in [3.63, 3.8) is 0 Å². The minimum Gasteiger partial charge on any atom is -0.369 e. The number of nitrogens with zero attached hydrogens (tertiary/aromatic N) is 2. The molecule has 0 bridgehead atoms. The third-order valence-electron chi connectivity index (χ3n) is 4.20. The van der Waals surface area contributed by atoms with E-state index in [2.05, 4.69) is 17.1 Å². The molecular formula is C20H21N3O2S. The SMILES string of the molecule is CC(Sc1nc2ccccc2c(=O)n1CCCc1ccccc1)C(N)=O. The Morgan fingerprint density at radius 3 is 2.58 bits per heavy atom. The molecule has 0 aliphatic heterocycles. The first-order chi connectivity index (χ1) is 12.6. The molecule has 1 heterocycles. The lowest BCUT2D eigenvalue weighted by molar-refractivity contribution is -0.117. The van der Waals surface area contributed by atoms with Crippen molar-refractivity contribution in [3.05, 3.63) is 70.5 Å².